The van der Waals surface area contributed by atoms with Crippen LogP contribution in [0.15, 0.2) is 55.0 Å². The maximum absolute atomic E-state index is 12.5. The molecule has 32 heavy (non-hydrogen) atoms. The first kappa shape index (κ1) is 20.6. The van der Waals surface area contributed by atoms with Crippen molar-refractivity contribution in [3.8, 4) is 11.3 Å². The Balaban J connectivity index is 1.36. The van der Waals surface area contributed by atoms with Gasteiger partial charge in [0.15, 0.2) is 0 Å². The standard InChI is InChI=1S/C24H22ClN5O2/c25-13-15-5-8-26-21(11-15)24(31)29-18-3-1-16(2-4-18)20-12-19-22(17-6-9-32-10-7-17)27-14-28-23(19)30-20/h1-5,8,11-12,14,17H,6-7,9-10,13H2,(H,29,31)(H,27,28,30). The van der Waals surface area contributed by atoms with E-state index in [1.807, 2.05) is 24.3 Å². The molecule has 0 saturated carbocycles. The van der Waals surface area contributed by atoms with Crippen molar-refractivity contribution in [1.82, 2.24) is 19.9 Å². The molecule has 7 nitrogen and oxygen atoms in total. The van der Waals surface area contributed by atoms with Gasteiger partial charge in [-0.15, -0.1) is 11.6 Å². The smallest absolute Gasteiger partial charge is 0.274 e. The number of hydrogen-bond donors (Lipinski definition) is 2. The summed E-state index contributed by atoms with van der Waals surface area (Å²) in [6.07, 6.45) is 5.16. The molecule has 0 atom stereocenters. The zero-order chi connectivity index (χ0) is 21.9. The Bertz CT molecular complexity index is 1250. The van der Waals surface area contributed by atoms with Gasteiger partial charge in [0.1, 0.15) is 17.7 Å². The number of aromatic amines is 1. The summed E-state index contributed by atoms with van der Waals surface area (Å²) in [7, 11) is 0. The van der Waals surface area contributed by atoms with Crippen LogP contribution in [0.4, 0.5) is 5.69 Å². The van der Waals surface area contributed by atoms with Crippen LogP contribution in [0.25, 0.3) is 22.3 Å². The van der Waals surface area contributed by atoms with Crippen molar-refractivity contribution >= 4 is 34.2 Å². The van der Waals surface area contributed by atoms with Gasteiger partial charge in [0.2, 0.25) is 0 Å². The number of nitrogens with zero attached hydrogens (tertiary/aromatic N) is 3. The minimum Gasteiger partial charge on any atom is -0.381 e. The number of fused-ring (bicyclic) bond motifs is 1. The number of amides is 1. The van der Waals surface area contributed by atoms with Gasteiger partial charge >= 0.3 is 0 Å². The fourth-order valence-electron chi connectivity index (χ4n) is 4.02. The SMILES string of the molecule is O=C(Nc1ccc(-c2cc3c(C4CCOCC4)ncnc3[nH]2)cc1)c1cc(CCl)ccn1. The first-order valence-electron chi connectivity index (χ1n) is 10.6. The topological polar surface area (TPSA) is 92.8 Å². The molecular weight excluding hydrogens is 426 g/mol. The Labute approximate surface area is 190 Å². The van der Waals surface area contributed by atoms with Crippen LogP contribution in [0.3, 0.4) is 0 Å². The molecule has 8 heteroatoms. The van der Waals surface area contributed by atoms with Gasteiger partial charge in [-0.2, -0.15) is 0 Å². The number of anilines is 1. The molecule has 1 aliphatic rings. The Kier molecular flexibility index (Phi) is 5.83. The maximum atomic E-state index is 12.5. The highest BCUT2D eigenvalue weighted by Gasteiger charge is 2.21. The van der Waals surface area contributed by atoms with Crippen molar-refractivity contribution < 1.29 is 9.53 Å². The zero-order valence-corrected chi connectivity index (χ0v) is 18.1. The van der Waals surface area contributed by atoms with Crippen LogP contribution in [0, 0.1) is 0 Å². The van der Waals surface area contributed by atoms with Gasteiger partial charge in [0, 0.05) is 48.0 Å². The molecule has 162 valence electrons. The van der Waals surface area contributed by atoms with E-state index in [9.17, 15) is 4.79 Å². The van der Waals surface area contributed by atoms with Gasteiger partial charge in [0.05, 0.1) is 5.69 Å². The van der Waals surface area contributed by atoms with Gasteiger partial charge in [-0.1, -0.05) is 12.1 Å². The summed E-state index contributed by atoms with van der Waals surface area (Å²) >= 11 is 5.85. The number of H-pyrrole nitrogens is 1. The molecule has 2 N–H and O–H groups in total. The van der Waals surface area contributed by atoms with Crippen LogP contribution >= 0.6 is 11.6 Å². The molecule has 1 amide bonds. The molecule has 1 fully saturated rings. The molecule has 5 rings (SSSR count). The van der Waals surface area contributed by atoms with Crippen LogP contribution in [0.2, 0.25) is 0 Å². The summed E-state index contributed by atoms with van der Waals surface area (Å²) in [5.74, 6) is 0.455. The van der Waals surface area contributed by atoms with E-state index < -0.39 is 0 Å². The van der Waals surface area contributed by atoms with Crippen molar-refractivity contribution in [2.24, 2.45) is 0 Å². The lowest BCUT2D eigenvalue weighted by Gasteiger charge is -2.21. The lowest BCUT2D eigenvalue weighted by molar-refractivity contribution is 0.0848. The largest absolute Gasteiger partial charge is 0.381 e. The van der Waals surface area contributed by atoms with Gasteiger partial charge in [-0.05, 0) is 54.3 Å². The quantitative estimate of drug-likeness (QED) is 0.424. The summed E-state index contributed by atoms with van der Waals surface area (Å²) in [6.45, 7) is 1.54. The van der Waals surface area contributed by atoms with Crippen molar-refractivity contribution in [2.45, 2.75) is 24.6 Å². The van der Waals surface area contributed by atoms with Crippen molar-refractivity contribution in [3.63, 3.8) is 0 Å². The Hall–Kier alpha value is -3.29. The third-order valence-corrected chi connectivity index (χ3v) is 6.04. The molecule has 1 aliphatic heterocycles. The summed E-state index contributed by atoms with van der Waals surface area (Å²) in [4.78, 5) is 29.0. The number of carbonyl (C=O) groups is 1. The zero-order valence-electron chi connectivity index (χ0n) is 17.3. The van der Waals surface area contributed by atoms with Crippen LogP contribution in [0.1, 0.15) is 40.5 Å². The third-order valence-electron chi connectivity index (χ3n) is 5.73. The summed E-state index contributed by atoms with van der Waals surface area (Å²) in [6, 6.07) is 13.3. The predicted octanol–water partition coefficient (Wildman–Crippen LogP) is 4.91. The number of nitrogens with one attached hydrogen (secondary N) is 2. The first-order valence-corrected chi connectivity index (χ1v) is 11.1. The number of ether oxygens (including phenoxy) is 1. The van der Waals surface area contributed by atoms with Crippen molar-refractivity contribution in [1.29, 1.82) is 0 Å². The number of halogens is 1. The number of carbonyl (C=O) groups excluding carboxylic acids is 1. The molecule has 0 spiro atoms. The lowest BCUT2D eigenvalue weighted by Crippen LogP contribution is -2.15. The molecule has 4 heterocycles. The minimum absolute atomic E-state index is 0.272. The van der Waals surface area contributed by atoms with E-state index in [4.69, 9.17) is 16.3 Å². The molecule has 0 unspecified atom stereocenters. The summed E-state index contributed by atoms with van der Waals surface area (Å²) in [5, 5.41) is 3.93. The monoisotopic (exact) mass is 447 g/mol. The molecule has 1 aromatic carbocycles. The van der Waals surface area contributed by atoms with Gasteiger partial charge in [0.25, 0.3) is 5.91 Å². The third kappa shape index (κ3) is 4.22. The van der Waals surface area contributed by atoms with E-state index in [1.54, 1.807) is 24.7 Å². The molecule has 0 aliphatic carbocycles. The Morgan fingerprint density at radius 3 is 2.69 bits per heavy atom. The first-order chi connectivity index (χ1) is 15.7. The van der Waals surface area contributed by atoms with Gasteiger partial charge < -0.3 is 15.0 Å². The van der Waals surface area contributed by atoms with Crippen LogP contribution < -0.4 is 5.32 Å². The fraction of sp³-hybridized carbons (Fsp3) is 0.250. The van der Waals surface area contributed by atoms with E-state index in [0.717, 1.165) is 59.6 Å². The van der Waals surface area contributed by atoms with E-state index in [-0.39, 0.29) is 5.91 Å². The van der Waals surface area contributed by atoms with Gasteiger partial charge in [-0.25, -0.2) is 9.97 Å². The minimum atomic E-state index is -0.272. The summed E-state index contributed by atoms with van der Waals surface area (Å²) in [5.41, 5.74) is 5.75. The lowest BCUT2D eigenvalue weighted by atomic mass is 9.94. The second-order valence-electron chi connectivity index (χ2n) is 7.81. The van der Waals surface area contributed by atoms with E-state index in [2.05, 4.69) is 31.3 Å². The fourth-order valence-corrected chi connectivity index (χ4v) is 4.19. The number of alkyl halides is 1. The van der Waals surface area contributed by atoms with Crippen molar-refractivity contribution in [3.05, 3.63) is 71.9 Å². The average molecular weight is 448 g/mol. The van der Waals surface area contributed by atoms with Crippen LogP contribution in [-0.2, 0) is 10.6 Å². The van der Waals surface area contributed by atoms with E-state index in [1.165, 1.54) is 0 Å². The number of aromatic nitrogens is 4. The molecule has 3 aromatic heterocycles. The number of pyridine rings is 1. The van der Waals surface area contributed by atoms with Crippen LogP contribution in [0.5, 0.6) is 0 Å². The molecule has 0 bridgehead atoms. The number of rotatable bonds is 5. The molecular formula is C24H22ClN5O2. The van der Waals surface area contributed by atoms with E-state index in [0.29, 0.717) is 23.2 Å². The number of benzene rings is 1. The Morgan fingerprint density at radius 2 is 1.91 bits per heavy atom. The Morgan fingerprint density at radius 1 is 1.09 bits per heavy atom. The average Bonchev–Trinajstić information content (AvgIpc) is 3.29. The van der Waals surface area contributed by atoms with E-state index >= 15 is 0 Å². The predicted molar refractivity (Wildman–Crippen MR) is 124 cm³/mol. The highest BCUT2D eigenvalue weighted by Crippen LogP contribution is 2.32. The second kappa shape index (κ2) is 9.06. The highest BCUT2D eigenvalue weighted by molar-refractivity contribution is 6.17. The molecule has 0 radical (unpaired) electrons. The van der Waals surface area contributed by atoms with Gasteiger partial charge in [-0.3, -0.25) is 9.78 Å². The molecule has 4 aromatic rings. The maximum Gasteiger partial charge on any atom is 0.274 e. The second-order valence-corrected chi connectivity index (χ2v) is 8.07. The highest BCUT2D eigenvalue weighted by atomic mass is 35.5. The number of hydrogen-bond acceptors (Lipinski definition) is 5. The summed E-state index contributed by atoms with van der Waals surface area (Å²) < 4.78 is 5.50. The van der Waals surface area contributed by atoms with Crippen LogP contribution in [-0.4, -0.2) is 39.1 Å². The molecule has 1 saturated heterocycles. The van der Waals surface area contributed by atoms with Crippen molar-refractivity contribution in [2.75, 3.05) is 18.5 Å². The normalized spacial score (nSPS) is 14.5.